The number of aromatic nitrogens is 2. The Morgan fingerprint density at radius 3 is 2.89 bits per heavy atom. The van der Waals surface area contributed by atoms with Gasteiger partial charge < -0.3 is 15.5 Å². The van der Waals surface area contributed by atoms with Gasteiger partial charge in [-0.25, -0.2) is 15.8 Å². The van der Waals surface area contributed by atoms with Crippen molar-refractivity contribution in [1.29, 1.82) is 0 Å². The van der Waals surface area contributed by atoms with E-state index in [-0.39, 0.29) is 0 Å². The zero-order valence-electron chi connectivity index (χ0n) is 10.9. The quantitative estimate of drug-likeness (QED) is 0.503. The molecule has 0 spiro atoms. The van der Waals surface area contributed by atoms with E-state index in [1.54, 1.807) is 7.11 Å². The number of hydrogen-bond acceptors (Lipinski definition) is 6. The lowest BCUT2D eigenvalue weighted by Gasteiger charge is -2.09. The molecule has 1 aliphatic carbocycles. The summed E-state index contributed by atoms with van der Waals surface area (Å²) in [7, 11) is 1.62. The molecule has 0 aliphatic heterocycles. The fraction of sp³-hybridized carbons (Fsp3) is 0.667. The van der Waals surface area contributed by atoms with Crippen LogP contribution in [0.2, 0.25) is 0 Å². The van der Waals surface area contributed by atoms with E-state index in [1.807, 2.05) is 6.07 Å². The molecular weight excluding hydrogens is 230 g/mol. The zero-order valence-corrected chi connectivity index (χ0v) is 10.9. The van der Waals surface area contributed by atoms with E-state index < -0.39 is 0 Å². The monoisotopic (exact) mass is 251 g/mol. The van der Waals surface area contributed by atoms with Gasteiger partial charge in [0.15, 0.2) is 5.82 Å². The van der Waals surface area contributed by atoms with Crippen molar-refractivity contribution in [2.45, 2.75) is 38.8 Å². The predicted octanol–water partition coefficient (Wildman–Crippen LogP) is 1.51. The zero-order chi connectivity index (χ0) is 13.0. The number of nitrogens with two attached hydrogens (primary N) is 1. The van der Waals surface area contributed by atoms with Gasteiger partial charge in [-0.05, 0) is 18.8 Å². The summed E-state index contributed by atoms with van der Waals surface area (Å²) in [6, 6.07) is 2.36. The SMILES string of the molecule is CCCC1CC1Nc1cc(NN)nc(COC)n1. The van der Waals surface area contributed by atoms with Gasteiger partial charge >= 0.3 is 0 Å². The van der Waals surface area contributed by atoms with Gasteiger partial charge in [0.05, 0.1) is 0 Å². The van der Waals surface area contributed by atoms with E-state index in [1.165, 1.54) is 19.3 Å². The molecule has 2 unspecified atom stereocenters. The van der Waals surface area contributed by atoms with Crippen LogP contribution in [0.1, 0.15) is 32.0 Å². The molecule has 4 N–H and O–H groups in total. The van der Waals surface area contributed by atoms with Crippen molar-refractivity contribution in [2.24, 2.45) is 11.8 Å². The Labute approximate surface area is 107 Å². The lowest BCUT2D eigenvalue weighted by atomic mass is 10.2. The molecule has 1 aromatic heterocycles. The highest BCUT2D eigenvalue weighted by Crippen LogP contribution is 2.37. The average Bonchev–Trinajstić information content (AvgIpc) is 3.08. The molecule has 1 aromatic rings. The molecule has 6 nitrogen and oxygen atoms in total. The van der Waals surface area contributed by atoms with Gasteiger partial charge in [-0.1, -0.05) is 13.3 Å². The number of ether oxygens (including phenoxy) is 1. The van der Waals surface area contributed by atoms with Crippen LogP contribution in [0.4, 0.5) is 11.6 Å². The summed E-state index contributed by atoms with van der Waals surface area (Å²) in [6.45, 7) is 2.60. The summed E-state index contributed by atoms with van der Waals surface area (Å²) in [6.07, 6.45) is 3.73. The Kier molecular flexibility index (Phi) is 4.33. The Hall–Kier alpha value is -1.40. The standard InChI is InChI=1S/C12H21N5O/c1-3-4-8-5-9(8)14-10-6-11(17-13)16-12(15-10)7-18-2/h6,8-9H,3-5,7,13H2,1-2H3,(H2,14,15,16,17). The van der Waals surface area contributed by atoms with Gasteiger partial charge in [-0.3, -0.25) is 0 Å². The van der Waals surface area contributed by atoms with Gasteiger partial charge in [0, 0.05) is 19.2 Å². The first-order valence-electron chi connectivity index (χ1n) is 6.36. The fourth-order valence-electron chi connectivity index (χ4n) is 2.14. The van der Waals surface area contributed by atoms with Gasteiger partial charge in [-0.15, -0.1) is 0 Å². The molecule has 18 heavy (non-hydrogen) atoms. The number of nitrogens with zero attached hydrogens (tertiary/aromatic N) is 2. The van der Waals surface area contributed by atoms with E-state index in [0.29, 0.717) is 24.3 Å². The molecule has 1 heterocycles. The largest absolute Gasteiger partial charge is 0.377 e. The van der Waals surface area contributed by atoms with Crippen LogP contribution in [0, 0.1) is 5.92 Å². The second kappa shape index (κ2) is 5.97. The second-order valence-corrected chi connectivity index (χ2v) is 4.67. The maximum Gasteiger partial charge on any atom is 0.158 e. The van der Waals surface area contributed by atoms with Gasteiger partial charge in [0.25, 0.3) is 0 Å². The number of rotatable bonds is 7. The second-order valence-electron chi connectivity index (χ2n) is 4.67. The molecule has 1 aliphatic rings. The molecule has 1 fully saturated rings. The predicted molar refractivity (Wildman–Crippen MR) is 71.0 cm³/mol. The van der Waals surface area contributed by atoms with Crippen LogP contribution in [0.3, 0.4) is 0 Å². The molecule has 0 amide bonds. The van der Waals surface area contributed by atoms with E-state index in [4.69, 9.17) is 10.6 Å². The normalized spacial score (nSPS) is 21.7. The molecule has 2 atom stereocenters. The van der Waals surface area contributed by atoms with Crippen molar-refractivity contribution in [1.82, 2.24) is 9.97 Å². The van der Waals surface area contributed by atoms with Crippen molar-refractivity contribution in [3.05, 3.63) is 11.9 Å². The maximum atomic E-state index is 5.40. The Morgan fingerprint density at radius 2 is 2.22 bits per heavy atom. The minimum absolute atomic E-state index is 0.382. The summed E-state index contributed by atoms with van der Waals surface area (Å²) in [5.74, 6) is 8.22. The number of nitrogen functional groups attached to an aromatic ring is 1. The molecule has 0 saturated heterocycles. The number of nitrogens with one attached hydrogen (secondary N) is 2. The van der Waals surface area contributed by atoms with Crippen molar-refractivity contribution in [3.63, 3.8) is 0 Å². The molecular formula is C12H21N5O. The highest BCUT2D eigenvalue weighted by atomic mass is 16.5. The molecule has 2 rings (SSSR count). The van der Waals surface area contributed by atoms with Gasteiger partial charge in [0.2, 0.25) is 0 Å². The topological polar surface area (TPSA) is 85.1 Å². The summed E-state index contributed by atoms with van der Waals surface area (Å²) >= 11 is 0. The van der Waals surface area contributed by atoms with Crippen LogP contribution in [-0.2, 0) is 11.3 Å². The molecule has 0 radical (unpaired) electrons. The maximum absolute atomic E-state index is 5.40. The summed E-state index contributed by atoms with van der Waals surface area (Å²) in [5, 5.41) is 3.42. The Bertz CT molecular complexity index is 398. The van der Waals surface area contributed by atoms with Crippen molar-refractivity contribution in [3.8, 4) is 0 Å². The van der Waals surface area contributed by atoms with Crippen molar-refractivity contribution in [2.75, 3.05) is 17.9 Å². The number of anilines is 2. The average molecular weight is 251 g/mol. The Balaban J connectivity index is 2.01. The summed E-state index contributed by atoms with van der Waals surface area (Å²) in [5.41, 5.74) is 2.55. The van der Waals surface area contributed by atoms with Crippen molar-refractivity contribution >= 4 is 11.6 Å². The highest BCUT2D eigenvalue weighted by molar-refractivity contribution is 5.48. The summed E-state index contributed by atoms with van der Waals surface area (Å²) < 4.78 is 5.04. The van der Waals surface area contributed by atoms with Crippen LogP contribution >= 0.6 is 0 Å². The first kappa shape index (κ1) is 13.0. The first-order chi connectivity index (χ1) is 8.76. The minimum atomic E-state index is 0.382. The third-order valence-corrected chi connectivity index (χ3v) is 3.11. The molecule has 6 heteroatoms. The van der Waals surface area contributed by atoms with Crippen LogP contribution in [0.25, 0.3) is 0 Å². The van der Waals surface area contributed by atoms with Gasteiger partial charge in [0.1, 0.15) is 18.2 Å². The minimum Gasteiger partial charge on any atom is -0.377 e. The van der Waals surface area contributed by atoms with Crippen LogP contribution in [-0.4, -0.2) is 23.1 Å². The fourth-order valence-corrected chi connectivity index (χ4v) is 2.14. The van der Waals surface area contributed by atoms with Crippen LogP contribution in [0.5, 0.6) is 0 Å². The highest BCUT2D eigenvalue weighted by Gasteiger charge is 2.36. The first-order valence-corrected chi connectivity index (χ1v) is 6.36. The van der Waals surface area contributed by atoms with Crippen LogP contribution < -0.4 is 16.6 Å². The molecule has 100 valence electrons. The number of hydrazine groups is 1. The third-order valence-electron chi connectivity index (χ3n) is 3.11. The van der Waals surface area contributed by atoms with Crippen LogP contribution in [0.15, 0.2) is 6.07 Å². The molecule has 0 aromatic carbocycles. The van der Waals surface area contributed by atoms with E-state index >= 15 is 0 Å². The summed E-state index contributed by atoms with van der Waals surface area (Å²) in [4.78, 5) is 8.62. The third kappa shape index (κ3) is 3.30. The Morgan fingerprint density at radius 1 is 1.44 bits per heavy atom. The smallest absolute Gasteiger partial charge is 0.158 e. The number of hydrogen-bond donors (Lipinski definition) is 3. The lowest BCUT2D eigenvalue weighted by molar-refractivity contribution is 0.178. The van der Waals surface area contributed by atoms with E-state index in [0.717, 1.165) is 11.7 Å². The molecule has 0 bridgehead atoms. The lowest BCUT2D eigenvalue weighted by Crippen LogP contribution is -2.14. The van der Waals surface area contributed by atoms with E-state index in [9.17, 15) is 0 Å². The molecule has 1 saturated carbocycles. The van der Waals surface area contributed by atoms with Gasteiger partial charge in [-0.2, -0.15) is 0 Å². The van der Waals surface area contributed by atoms with Crippen molar-refractivity contribution < 1.29 is 4.74 Å². The number of methoxy groups -OCH3 is 1. The van der Waals surface area contributed by atoms with E-state index in [2.05, 4.69) is 27.6 Å².